The van der Waals surface area contributed by atoms with Crippen molar-refractivity contribution in [2.75, 3.05) is 0 Å². The highest BCUT2D eigenvalue weighted by Crippen LogP contribution is 2.40. The van der Waals surface area contributed by atoms with Gasteiger partial charge in [-0.25, -0.2) is 0 Å². The summed E-state index contributed by atoms with van der Waals surface area (Å²) in [6.07, 6.45) is 0.315. The van der Waals surface area contributed by atoms with Crippen LogP contribution in [0, 0.1) is 5.92 Å². The largest absolute Gasteiger partial charge is 0.460 e. The van der Waals surface area contributed by atoms with Gasteiger partial charge >= 0.3 is 11.9 Å². The number of rotatable bonds is 5. The summed E-state index contributed by atoms with van der Waals surface area (Å²) in [5, 5.41) is 3.36. The highest BCUT2D eigenvalue weighted by molar-refractivity contribution is 5.84. The van der Waals surface area contributed by atoms with E-state index in [9.17, 15) is 9.59 Å². The van der Waals surface area contributed by atoms with Gasteiger partial charge in [0.05, 0.1) is 5.92 Å². The number of hydrogen-bond donors (Lipinski definition) is 1. The van der Waals surface area contributed by atoms with Gasteiger partial charge in [-0.05, 0) is 45.2 Å². The molecule has 0 aromatic heterocycles. The van der Waals surface area contributed by atoms with Crippen molar-refractivity contribution in [2.45, 2.75) is 57.9 Å². The summed E-state index contributed by atoms with van der Waals surface area (Å²) in [6.45, 7) is 7.53. The van der Waals surface area contributed by atoms with Crippen molar-refractivity contribution in [1.82, 2.24) is 5.32 Å². The van der Waals surface area contributed by atoms with Gasteiger partial charge in [0.2, 0.25) is 0 Å². The molecule has 1 N–H and O–H groups in total. The Morgan fingerprint density at radius 2 is 1.62 bits per heavy atom. The van der Waals surface area contributed by atoms with Gasteiger partial charge in [0.25, 0.3) is 0 Å². The van der Waals surface area contributed by atoms with Gasteiger partial charge in [-0.3, -0.25) is 14.9 Å². The van der Waals surface area contributed by atoms with E-state index < -0.39 is 17.1 Å². The Bertz CT molecular complexity index is 844. The fourth-order valence-electron chi connectivity index (χ4n) is 3.66. The van der Waals surface area contributed by atoms with E-state index in [4.69, 9.17) is 9.47 Å². The molecule has 0 radical (unpaired) electrons. The summed E-state index contributed by atoms with van der Waals surface area (Å²) in [5.41, 5.74) is 0.302. The van der Waals surface area contributed by atoms with Crippen LogP contribution < -0.4 is 5.32 Å². The smallest absolute Gasteiger partial charge is 0.326 e. The lowest BCUT2D eigenvalue weighted by atomic mass is 9.90. The highest BCUT2D eigenvalue weighted by atomic mass is 16.6. The summed E-state index contributed by atoms with van der Waals surface area (Å²) in [6, 6.07) is 18.9. The van der Waals surface area contributed by atoms with Gasteiger partial charge < -0.3 is 9.47 Å². The first kappa shape index (κ1) is 21.1. The molecule has 0 aliphatic carbocycles. The van der Waals surface area contributed by atoms with Gasteiger partial charge in [-0.15, -0.1) is 0 Å². The topological polar surface area (TPSA) is 64.6 Å². The number of carbonyl (C=O) groups excluding carboxylic acids is 2. The lowest BCUT2D eigenvalue weighted by Crippen LogP contribution is -2.46. The second-order valence-electron chi connectivity index (χ2n) is 8.77. The zero-order chi connectivity index (χ0) is 21.1. The molecule has 5 heteroatoms. The van der Waals surface area contributed by atoms with E-state index in [1.54, 1.807) is 6.92 Å². The molecule has 2 aromatic carbocycles. The summed E-state index contributed by atoms with van der Waals surface area (Å²) >= 11 is 0. The first-order valence-electron chi connectivity index (χ1n) is 9.95. The predicted molar refractivity (Wildman–Crippen MR) is 111 cm³/mol. The third kappa shape index (κ3) is 5.24. The van der Waals surface area contributed by atoms with Crippen molar-refractivity contribution < 1.29 is 19.1 Å². The monoisotopic (exact) mass is 395 g/mol. The van der Waals surface area contributed by atoms with Crippen LogP contribution in [0.3, 0.4) is 0 Å². The first-order chi connectivity index (χ1) is 13.7. The summed E-state index contributed by atoms with van der Waals surface area (Å²) in [5.74, 6) is -1.15. The molecule has 0 amide bonds. The van der Waals surface area contributed by atoms with E-state index in [0.717, 1.165) is 11.1 Å². The molecule has 1 aliphatic rings. The minimum absolute atomic E-state index is 0.198. The predicted octanol–water partition coefficient (Wildman–Crippen LogP) is 4.18. The standard InChI is InChI=1S/C24H29NO4/c1-23(2,3)29-21(26)19-15-24(4,25-20(19)18-13-9-6-10-14-18)22(27)28-16-17-11-7-5-8-12-17/h5-14,19-20,25H,15-16H2,1-4H3. The second kappa shape index (κ2) is 8.37. The molecule has 1 heterocycles. The maximum Gasteiger partial charge on any atom is 0.326 e. The third-order valence-corrected chi connectivity index (χ3v) is 5.04. The molecule has 5 nitrogen and oxygen atoms in total. The van der Waals surface area contributed by atoms with Crippen LogP contribution in [-0.4, -0.2) is 23.1 Å². The van der Waals surface area contributed by atoms with Crippen molar-refractivity contribution >= 4 is 11.9 Å². The number of benzene rings is 2. The van der Waals surface area contributed by atoms with Gasteiger partial charge in [-0.2, -0.15) is 0 Å². The fourth-order valence-corrected chi connectivity index (χ4v) is 3.66. The molecular formula is C24H29NO4. The van der Waals surface area contributed by atoms with Crippen molar-refractivity contribution in [3.63, 3.8) is 0 Å². The summed E-state index contributed by atoms with van der Waals surface area (Å²) in [4.78, 5) is 25.9. The van der Waals surface area contributed by atoms with Gasteiger partial charge in [0.15, 0.2) is 0 Å². The molecule has 29 heavy (non-hydrogen) atoms. The highest BCUT2D eigenvalue weighted by Gasteiger charge is 2.51. The van der Waals surface area contributed by atoms with Crippen LogP contribution in [0.2, 0.25) is 0 Å². The lowest BCUT2D eigenvalue weighted by molar-refractivity contribution is -0.160. The Labute approximate surface area is 172 Å². The van der Waals surface area contributed by atoms with Crippen LogP contribution in [0.25, 0.3) is 0 Å². The normalized spacial score (nSPS) is 24.1. The average Bonchev–Trinajstić information content (AvgIpc) is 3.06. The number of carbonyl (C=O) groups is 2. The Hall–Kier alpha value is -2.66. The lowest BCUT2D eigenvalue weighted by Gasteiger charge is -2.25. The summed E-state index contributed by atoms with van der Waals surface area (Å²) < 4.78 is 11.2. The first-order valence-corrected chi connectivity index (χ1v) is 9.95. The molecule has 3 atom stereocenters. The molecule has 1 saturated heterocycles. The number of hydrogen-bond acceptors (Lipinski definition) is 5. The zero-order valence-corrected chi connectivity index (χ0v) is 17.5. The molecule has 154 valence electrons. The Balaban J connectivity index is 1.79. The van der Waals surface area contributed by atoms with Crippen LogP contribution in [0.4, 0.5) is 0 Å². The minimum atomic E-state index is -0.975. The SMILES string of the molecule is CC(C)(C)OC(=O)C1CC(C)(C(=O)OCc2ccccc2)NC1c1ccccc1. The van der Waals surface area contributed by atoms with E-state index in [0.29, 0.717) is 6.42 Å². The molecule has 1 fully saturated rings. The molecule has 0 spiro atoms. The molecule has 3 unspecified atom stereocenters. The summed E-state index contributed by atoms with van der Waals surface area (Å²) in [7, 11) is 0. The Kier molecular flexibility index (Phi) is 6.08. The Morgan fingerprint density at radius 3 is 2.21 bits per heavy atom. The van der Waals surface area contributed by atoms with Crippen molar-refractivity contribution in [3.05, 3.63) is 71.8 Å². The van der Waals surface area contributed by atoms with Crippen LogP contribution in [0.15, 0.2) is 60.7 Å². The van der Waals surface area contributed by atoms with Crippen molar-refractivity contribution in [3.8, 4) is 0 Å². The van der Waals surface area contributed by atoms with E-state index in [-0.39, 0.29) is 24.6 Å². The van der Waals surface area contributed by atoms with Crippen molar-refractivity contribution in [1.29, 1.82) is 0 Å². The maximum absolute atomic E-state index is 12.9. The van der Waals surface area contributed by atoms with Crippen LogP contribution in [0.1, 0.15) is 51.3 Å². The number of esters is 2. The van der Waals surface area contributed by atoms with E-state index >= 15 is 0 Å². The number of nitrogens with one attached hydrogen (secondary N) is 1. The fraction of sp³-hybridized carbons (Fsp3) is 0.417. The van der Waals surface area contributed by atoms with Gasteiger partial charge in [0, 0.05) is 6.04 Å². The molecule has 0 bridgehead atoms. The van der Waals surface area contributed by atoms with E-state index in [2.05, 4.69) is 5.32 Å². The van der Waals surface area contributed by atoms with Crippen molar-refractivity contribution in [2.24, 2.45) is 5.92 Å². The van der Waals surface area contributed by atoms with Gasteiger partial charge in [0.1, 0.15) is 17.7 Å². The minimum Gasteiger partial charge on any atom is -0.460 e. The van der Waals surface area contributed by atoms with Crippen LogP contribution in [-0.2, 0) is 25.7 Å². The number of ether oxygens (including phenoxy) is 2. The average molecular weight is 395 g/mol. The third-order valence-electron chi connectivity index (χ3n) is 5.04. The Morgan fingerprint density at radius 1 is 1.03 bits per heavy atom. The quantitative estimate of drug-likeness (QED) is 0.770. The van der Waals surface area contributed by atoms with Crippen LogP contribution in [0.5, 0.6) is 0 Å². The van der Waals surface area contributed by atoms with Crippen LogP contribution >= 0.6 is 0 Å². The molecular weight excluding hydrogens is 366 g/mol. The molecule has 3 rings (SSSR count). The maximum atomic E-state index is 12.9. The van der Waals surface area contributed by atoms with E-state index in [1.807, 2.05) is 81.4 Å². The van der Waals surface area contributed by atoms with Gasteiger partial charge in [-0.1, -0.05) is 60.7 Å². The van der Waals surface area contributed by atoms with E-state index in [1.165, 1.54) is 0 Å². The second-order valence-corrected chi connectivity index (χ2v) is 8.77. The zero-order valence-electron chi connectivity index (χ0n) is 17.5. The molecule has 0 saturated carbocycles. The molecule has 1 aliphatic heterocycles. The molecule has 2 aromatic rings.